The van der Waals surface area contributed by atoms with Gasteiger partial charge in [0.05, 0.1) is 0 Å². The lowest BCUT2D eigenvalue weighted by molar-refractivity contribution is 0.0623. The standard InChI is InChI=1S/C15H20F2N2O/c1-11(2)10-18-5-7-19(8-6-18)15(20)12-3-4-13(16)14(17)9-12/h3-4,9,11H,5-8,10H2,1-2H3. The quantitative estimate of drug-likeness (QED) is 0.850. The third-order valence-corrected chi connectivity index (χ3v) is 3.45. The highest BCUT2D eigenvalue weighted by Crippen LogP contribution is 2.13. The van der Waals surface area contributed by atoms with Crippen LogP contribution in [0.4, 0.5) is 8.78 Å². The molecule has 0 aromatic heterocycles. The van der Waals surface area contributed by atoms with Gasteiger partial charge in [0.15, 0.2) is 11.6 Å². The van der Waals surface area contributed by atoms with Crippen LogP contribution in [0.5, 0.6) is 0 Å². The summed E-state index contributed by atoms with van der Waals surface area (Å²) >= 11 is 0. The topological polar surface area (TPSA) is 23.6 Å². The van der Waals surface area contributed by atoms with Gasteiger partial charge in [-0.15, -0.1) is 0 Å². The van der Waals surface area contributed by atoms with Crippen LogP contribution < -0.4 is 0 Å². The highest BCUT2D eigenvalue weighted by Gasteiger charge is 2.23. The van der Waals surface area contributed by atoms with E-state index in [9.17, 15) is 13.6 Å². The van der Waals surface area contributed by atoms with Gasteiger partial charge in [0.25, 0.3) is 5.91 Å². The Hall–Kier alpha value is -1.49. The van der Waals surface area contributed by atoms with Crippen molar-refractivity contribution in [3.8, 4) is 0 Å². The molecule has 20 heavy (non-hydrogen) atoms. The lowest BCUT2D eigenvalue weighted by Gasteiger charge is -2.35. The first kappa shape index (κ1) is 14.9. The van der Waals surface area contributed by atoms with E-state index in [0.29, 0.717) is 19.0 Å². The maximum atomic E-state index is 13.2. The first-order valence-corrected chi connectivity index (χ1v) is 6.94. The van der Waals surface area contributed by atoms with Crippen LogP contribution in [0.1, 0.15) is 24.2 Å². The first-order valence-electron chi connectivity index (χ1n) is 6.94. The van der Waals surface area contributed by atoms with Gasteiger partial charge in [-0.3, -0.25) is 9.69 Å². The molecule has 1 aliphatic rings. The van der Waals surface area contributed by atoms with Crippen molar-refractivity contribution in [2.45, 2.75) is 13.8 Å². The molecule has 1 saturated heterocycles. The van der Waals surface area contributed by atoms with Crippen molar-refractivity contribution in [3.63, 3.8) is 0 Å². The maximum Gasteiger partial charge on any atom is 0.254 e. The number of rotatable bonds is 3. The number of carbonyl (C=O) groups excluding carboxylic acids is 1. The van der Waals surface area contributed by atoms with E-state index in [0.717, 1.165) is 31.8 Å². The van der Waals surface area contributed by atoms with Gasteiger partial charge in [0.1, 0.15) is 0 Å². The second kappa shape index (κ2) is 6.31. The Balaban J connectivity index is 1.96. The van der Waals surface area contributed by atoms with E-state index < -0.39 is 11.6 Å². The van der Waals surface area contributed by atoms with Gasteiger partial charge in [-0.25, -0.2) is 8.78 Å². The minimum Gasteiger partial charge on any atom is -0.336 e. The first-order chi connectivity index (χ1) is 9.47. The summed E-state index contributed by atoms with van der Waals surface area (Å²) in [6, 6.07) is 3.30. The molecule has 0 unspecified atom stereocenters. The van der Waals surface area contributed by atoms with Crippen molar-refractivity contribution >= 4 is 5.91 Å². The van der Waals surface area contributed by atoms with Gasteiger partial charge in [-0.1, -0.05) is 13.8 Å². The molecular weight excluding hydrogens is 262 g/mol. The van der Waals surface area contributed by atoms with Crippen LogP contribution in [0.15, 0.2) is 18.2 Å². The van der Waals surface area contributed by atoms with E-state index in [-0.39, 0.29) is 11.5 Å². The van der Waals surface area contributed by atoms with Crippen molar-refractivity contribution in [1.29, 1.82) is 0 Å². The van der Waals surface area contributed by atoms with E-state index in [1.165, 1.54) is 6.07 Å². The number of benzene rings is 1. The van der Waals surface area contributed by atoms with Crippen LogP contribution in [-0.4, -0.2) is 48.4 Å². The molecule has 5 heteroatoms. The third kappa shape index (κ3) is 3.54. The van der Waals surface area contributed by atoms with Gasteiger partial charge < -0.3 is 4.90 Å². The van der Waals surface area contributed by atoms with Crippen molar-refractivity contribution < 1.29 is 13.6 Å². The Labute approximate surface area is 118 Å². The molecule has 1 fully saturated rings. The van der Waals surface area contributed by atoms with Gasteiger partial charge in [-0.05, 0) is 24.1 Å². The minimum atomic E-state index is -0.978. The summed E-state index contributed by atoms with van der Waals surface area (Å²) in [4.78, 5) is 16.2. The number of halogens is 2. The Bertz CT molecular complexity index is 483. The van der Waals surface area contributed by atoms with Gasteiger partial charge in [0, 0.05) is 38.3 Å². The highest BCUT2D eigenvalue weighted by molar-refractivity contribution is 5.94. The fourth-order valence-electron chi connectivity index (χ4n) is 2.46. The Morgan fingerprint density at radius 3 is 2.35 bits per heavy atom. The van der Waals surface area contributed by atoms with Crippen molar-refractivity contribution in [2.75, 3.05) is 32.7 Å². The summed E-state index contributed by atoms with van der Waals surface area (Å²) in [6.07, 6.45) is 0. The third-order valence-electron chi connectivity index (χ3n) is 3.45. The molecule has 0 atom stereocenters. The minimum absolute atomic E-state index is 0.209. The Morgan fingerprint density at radius 2 is 1.80 bits per heavy atom. The molecule has 1 aromatic carbocycles. The van der Waals surface area contributed by atoms with Gasteiger partial charge in [0.2, 0.25) is 0 Å². The molecule has 2 rings (SSSR count). The Morgan fingerprint density at radius 1 is 1.15 bits per heavy atom. The normalized spacial score (nSPS) is 16.8. The summed E-state index contributed by atoms with van der Waals surface area (Å²) < 4.78 is 26.0. The summed E-state index contributed by atoms with van der Waals surface area (Å²) in [6.45, 7) is 8.27. The zero-order chi connectivity index (χ0) is 14.7. The summed E-state index contributed by atoms with van der Waals surface area (Å²) in [5, 5.41) is 0. The molecule has 1 amide bonds. The van der Waals surface area contributed by atoms with Crippen LogP contribution in [-0.2, 0) is 0 Å². The Kier molecular flexibility index (Phi) is 4.70. The number of nitrogens with zero attached hydrogens (tertiary/aromatic N) is 2. The van der Waals surface area contributed by atoms with Crippen molar-refractivity contribution in [2.24, 2.45) is 5.92 Å². The zero-order valence-corrected chi connectivity index (χ0v) is 11.9. The molecule has 0 spiro atoms. The SMILES string of the molecule is CC(C)CN1CCN(C(=O)c2ccc(F)c(F)c2)CC1. The number of hydrogen-bond acceptors (Lipinski definition) is 2. The average molecular weight is 282 g/mol. The molecule has 0 saturated carbocycles. The molecule has 0 bridgehead atoms. The molecular formula is C15H20F2N2O. The highest BCUT2D eigenvalue weighted by atomic mass is 19.2. The smallest absolute Gasteiger partial charge is 0.254 e. The van der Waals surface area contributed by atoms with Crippen LogP contribution in [0.25, 0.3) is 0 Å². The molecule has 0 aliphatic carbocycles. The maximum absolute atomic E-state index is 13.2. The van der Waals surface area contributed by atoms with E-state index in [2.05, 4.69) is 18.7 Å². The molecule has 0 N–H and O–H groups in total. The number of hydrogen-bond donors (Lipinski definition) is 0. The second-order valence-electron chi connectivity index (χ2n) is 5.62. The molecule has 1 aromatic rings. The average Bonchev–Trinajstić information content (AvgIpc) is 2.41. The van der Waals surface area contributed by atoms with Gasteiger partial charge >= 0.3 is 0 Å². The number of piperazine rings is 1. The van der Waals surface area contributed by atoms with E-state index >= 15 is 0 Å². The second-order valence-corrected chi connectivity index (χ2v) is 5.62. The van der Waals surface area contributed by atoms with Crippen LogP contribution >= 0.6 is 0 Å². The molecule has 1 heterocycles. The van der Waals surface area contributed by atoms with Crippen LogP contribution in [0, 0.1) is 17.6 Å². The molecule has 1 aliphatic heterocycles. The van der Waals surface area contributed by atoms with Gasteiger partial charge in [-0.2, -0.15) is 0 Å². The van der Waals surface area contributed by atoms with E-state index in [4.69, 9.17) is 0 Å². The fourth-order valence-corrected chi connectivity index (χ4v) is 2.46. The predicted molar refractivity (Wildman–Crippen MR) is 73.5 cm³/mol. The summed E-state index contributed by atoms with van der Waals surface area (Å²) in [5.41, 5.74) is 0.209. The predicted octanol–water partition coefficient (Wildman–Crippen LogP) is 2.38. The molecule has 3 nitrogen and oxygen atoms in total. The van der Waals surface area contributed by atoms with Crippen LogP contribution in [0.2, 0.25) is 0 Å². The largest absolute Gasteiger partial charge is 0.336 e. The van der Waals surface area contributed by atoms with Crippen LogP contribution in [0.3, 0.4) is 0 Å². The lowest BCUT2D eigenvalue weighted by atomic mass is 10.1. The zero-order valence-electron chi connectivity index (χ0n) is 11.9. The monoisotopic (exact) mass is 282 g/mol. The summed E-state index contributed by atoms with van der Waals surface area (Å²) in [5.74, 6) is -1.53. The number of amides is 1. The lowest BCUT2D eigenvalue weighted by Crippen LogP contribution is -2.49. The fraction of sp³-hybridized carbons (Fsp3) is 0.533. The number of carbonyl (C=O) groups is 1. The van der Waals surface area contributed by atoms with E-state index in [1.54, 1.807) is 4.90 Å². The van der Waals surface area contributed by atoms with E-state index in [1.807, 2.05) is 0 Å². The molecule has 110 valence electrons. The van der Waals surface area contributed by atoms with Crippen molar-refractivity contribution in [1.82, 2.24) is 9.80 Å². The summed E-state index contributed by atoms with van der Waals surface area (Å²) in [7, 11) is 0. The molecule has 0 radical (unpaired) electrons. The van der Waals surface area contributed by atoms with Crippen molar-refractivity contribution in [3.05, 3.63) is 35.4 Å².